The van der Waals surface area contributed by atoms with E-state index in [9.17, 15) is 9.59 Å². The number of anilines is 1. The van der Waals surface area contributed by atoms with Gasteiger partial charge in [0, 0.05) is 17.3 Å². The highest BCUT2D eigenvalue weighted by Crippen LogP contribution is 2.38. The number of hydrogen-bond acceptors (Lipinski definition) is 6. The fourth-order valence-corrected chi connectivity index (χ4v) is 5.44. The van der Waals surface area contributed by atoms with E-state index in [1.54, 1.807) is 42.0 Å². The van der Waals surface area contributed by atoms with Crippen LogP contribution in [0.5, 0.6) is 11.5 Å². The van der Waals surface area contributed by atoms with Gasteiger partial charge in [-0.1, -0.05) is 42.3 Å². The molecular formula is C31H35N5O4. The number of hydrogen-bond donors (Lipinski definition) is 1. The number of fused-ring (bicyclic) bond motifs is 1. The Balaban J connectivity index is 1.67. The average molecular weight is 542 g/mol. The Kier molecular flexibility index (Phi) is 8.00. The van der Waals surface area contributed by atoms with Crippen molar-refractivity contribution in [1.29, 1.82) is 0 Å². The van der Waals surface area contributed by atoms with Gasteiger partial charge in [-0.15, -0.1) is 5.10 Å². The topological polar surface area (TPSA) is 98.6 Å². The third-order valence-corrected chi connectivity index (χ3v) is 7.54. The number of aromatic nitrogens is 3. The molecule has 4 aromatic rings. The van der Waals surface area contributed by atoms with Crippen LogP contribution in [0.4, 0.5) is 5.69 Å². The van der Waals surface area contributed by atoms with Crippen molar-refractivity contribution in [1.82, 2.24) is 20.3 Å². The second kappa shape index (κ2) is 11.8. The Morgan fingerprint density at radius 2 is 1.80 bits per heavy atom. The van der Waals surface area contributed by atoms with Gasteiger partial charge in [-0.2, -0.15) is 0 Å². The maximum Gasteiger partial charge on any atom is 0.249 e. The fourth-order valence-electron chi connectivity index (χ4n) is 5.44. The first kappa shape index (κ1) is 27.2. The number of amides is 2. The quantitative estimate of drug-likeness (QED) is 0.324. The maximum atomic E-state index is 14.4. The number of nitrogens with zero attached hydrogens (tertiary/aromatic N) is 4. The Hall–Kier alpha value is -4.40. The SMILES string of the molecule is COc1ccc(OC)c(C(C(=O)NC2CCCC2)N(C(=O)Cn2nnc3ccccc32)c2cc(C)ccc2C)c1. The lowest BCUT2D eigenvalue weighted by Crippen LogP contribution is -2.47. The van der Waals surface area contributed by atoms with Crippen molar-refractivity contribution in [2.45, 2.75) is 58.2 Å². The van der Waals surface area contributed by atoms with Gasteiger partial charge in [0.05, 0.1) is 19.7 Å². The van der Waals surface area contributed by atoms with E-state index in [1.807, 2.05) is 56.3 Å². The van der Waals surface area contributed by atoms with Gasteiger partial charge in [-0.3, -0.25) is 14.5 Å². The molecule has 1 aliphatic carbocycles. The van der Waals surface area contributed by atoms with E-state index < -0.39 is 6.04 Å². The summed E-state index contributed by atoms with van der Waals surface area (Å²) in [5.74, 6) is 0.476. The summed E-state index contributed by atoms with van der Waals surface area (Å²) < 4.78 is 12.8. The second-order valence-corrected chi connectivity index (χ2v) is 10.3. The highest BCUT2D eigenvalue weighted by atomic mass is 16.5. The largest absolute Gasteiger partial charge is 0.497 e. The van der Waals surface area contributed by atoms with Crippen LogP contribution in [-0.4, -0.2) is 47.1 Å². The molecule has 5 rings (SSSR count). The minimum atomic E-state index is -1.02. The van der Waals surface area contributed by atoms with E-state index in [-0.39, 0.29) is 24.4 Å². The molecule has 0 spiro atoms. The van der Waals surface area contributed by atoms with Crippen LogP contribution in [0.1, 0.15) is 48.4 Å². The van der Waals surface area contributed by atoms with Gasteiger partial charge in [0.1, 0.15) is 29.6 Å². The first-order chi connectivity index (χ1) is 19.4. The van der Waals surface area contributed by atoms with Crippen LogP contribution in [0.25, 0.3) is 11.0 Å². The first-order valence-electron chi connectivity index (χ1n) is 13.6. The number of rotatable bonds is 9. The van der Waals surface area contributed by atoms with E-state index >= 15 is 0 Å². The molecule has 1 atom stereocenters. The lowest BCUT2D eigenvalue weighted by atomic mass is 9.99. The van der Waals surface area contributed by atoms with Crippen LogP contribution in [0.15, 0.2) is 60.7 Å². The monoisotopic (exact) mass is 541 g/mol. The number of ether oxygens (including phenoxy) is 2. The predicted octanol–water partition coefficient (Wildman–Crippen LogP) is 4.90. The Morgan fingerprint density at radius 1 is 1.02 bits per heavy atom. The zero-order chi connectivity index (χ0) is 28.2. The molecule has 9 nitrogen and oxygen atoms in total. The molecule has 1 saturated carbocycles. The van der Waals surface area contributed by atoms with E-state index in [1.165, 1.54) is 0 Å². The lowest BCUT2D eigenvalue weighted by molar-refractivity contribution is -0.127. The van der Waals surface area contributed by atoms with Gasteiger partial charge in [-0.05, 0) is 74.2 Å². The summed E-state index contributed by atoms with van der Waals surface area (Å²) in [5.41, 5.74) is 4.45. The first-order valence-corrected chi connectivity index (χ1v) is 13.6. The summed E-state index contributed by atoms with van der Waals surface area (Å²) in [7, 11) is 3.13. The zero-order valence-corrected chi connectivity index (χ0v) is 23.4. The van der Waals surface area contributed by atoms with Crippen molar-refractivity contribution in [2.24, 2.45) is 0 Å². The predicted molar refractivity (Wildman–Crippen MR) is 154 cm³/mol. The zero-order valence-electron chi connectivity index (χ0n) is 23.4. The number of benzene rings is 3. The average Bonchev–Trinajstić information content (AvgIpc) is 3.63. The van der Waals surface area contributed by atoms with Gasteiger partial charge in [0.2, 0.25) is 11.8 Å². The minimum absolute atomic E-state index is 0.0569. The third kappa shape index (κ3) is 5.50. The van der Waals surface area contributed by atoms with Crippen molar-refractivity contribution in [2.75, 3.05) is 19.1 Å². The van der Waals surface area contributed by atoms with Crippen molar-refractivity contribution in [3.8, 4) is 11.5 Å². The second-order valence-electron chi connectivity index (χ2n) is 10.3. The molecular weight excluding hydrogens is 506 g/mol. The molecule has 1 aromatic heterocycles. The van der Waals surface area contributed by atoms with Crippen LogP contribution in [-0.2, 0) is 16.1 Å². The molecule has 9 heteroatoms. The summed E-state index contributed by atoms with van der Waals surface area (Å²) in [6.45, 7) is 3.80. The van der Waals surface area contributed by atoms with Crippen LogP contribution in [0.3, 0.4) is 0 Å². The van der Waals surface area contributed by atoms with Crippen molar-refractivity contribution in [3.63, 3.8) is 0 Å². The molecule has 0 bridgehead atoms. The van der Waals surface area contributed by atoms with Crippen molar-refractivity contribution >= 4 is 28.5 Å². The standard InChI is InChI=1S/C31H35N5O4/c1-20-13-14-21(2)27(17-20)36(29(37)19-35-26-12-8-7-11-25(26)33-34-35)30(31(38)32-22-9-5-6-10-22)24-18-23(39-3)15-16-28(24)40-4/h7-8,11-18,22,30H,5-6,9-10,19H2,1-4H3,(H,32,38). The number of aryl methyl sites for hydroxylation is 2. The Bertz CT molecular complexity index is 1530. The number of carbonyl (C=O) groups is 2. The van der Waals surface area contributed by atoms with Gasteiger partial charge in [0.25, 0.3) is 0 Å². The molecule has 2 amide bonds. The van der Waals surface area contributed by atoms with Crippen LogP contribution >= 0.6 is 0 Å². The highest BCUT2D eigenvalue weighted by Gasteiger charge is 2.37. The number of methoxy groups -OCH3 is 2. The van der Waals surface area contributed by atoms with Crippen LogP contribution in [0.2, 0.25) is 0 Å². The third-order valence-electron chi connectivity index (χ3n) is 7.54. The molecule has 1 N–H and O–H groups in total. The smallest absolute Gasteiger partial charge is 0.249 e. The molecule has 1 fully saturated rings. The normalized spacial score (nSPS) is 14.2. The number of para-hydroxylation sites is 1. The molecule has 0 aliphatic heterocycles. The highest BCUT2D eigenvalue weighted by molar-refractivity contribution is 6.02. The van der Waals surface area contributed by atoms with E-state index in [4.69, 9.17) is 9.47 Å². The van der Waals surface area contributed by atoms with E-state index in [2.05, 4.69) is 15.6 Å². The number of carbonyl (C=O) groups excluding carboxylic acids is 2. The summed E-state index contributed by atoms with van der Waals surface area (Å²) in [5, 5.41) is 11.7. The lowest BCUT2D eigenvalue weighted by Gasteiger charge is -2.34. The molecule has 0 radical (unpaired) electrons. The molecule has 3 aromatic carbocycles. The van der Waals surface area contributed by atoms with Gasteiger partial charge < -0.3 is 14.8 Å². The molecule has 40 heavy (non-hydrogen) atoms. The minimum Gasteiger partial charge on any atom is -0.497 e. The van der Waals surface area contributed by atoms with Crippen molar-refractivity contribution < 1.29 is 19.1 Å². The van der Waals surface area contributed by atoms with Crippen LogP contribution < -0.4 is 19.7 Å². The summed E-state index contributed by atoms with van der Waals surface area (Å²) in [4.78, 5) is 30.3. The molecule has 1 heterocycles. The number of nitrogens with one attached hydrogen (secondary N) is 1. The summed E-state index contributed by atoms with van der Waals surface area (Å²) in [6.07, 6.45) is 3.96. The fraction of sp³-hybridized carbons (Fsp3) is 0.355. The molecule has 208 valence electrons. The molecule has 1 unspecified atom stereocenters. The van der Waals surface area contributed by atoms with Gasteiger partial charge >= 0.3 is 0 Å². The molecule has 1 aliphatic rings. The van der Waals surface area contributed by atoms with E-state index in [0.29, 0.717) is 28.3 Å². The van der Waals surface area contributed by atoms with Gasteiger partial charge in [0.15, 0.2) is 0 Å². The summed E-state index contributed by atoms with van der Waals surface area (Å²) >= 11 is 0. The Morgan fingerprint density at radius 3 is 2.55 bits per heavy atom. The maximum absolute atomic E-state index is 14.4. The van der Waals surface area contributed by atoms with Crippen LogP contribution in [0, 0.1) is 13.8 Å². The summed E-state index contributed by atoms with van der Waals surface area (Å²) in [6, 6.07) is 17.7. The molecule has 0 saturated heterocycles. The Labute approximate surface area is 234 Å². The van der Waals surface area contributed by atoms with E-state index in [0.717, 1.165) is 42.3 Å². The van der Waals surface area contributed by atoms with Gasteiger partial charge in [-0.25, -0.2) is 4.68 Å². The van der Waals surface area contributed by atoms with Crippen molar-refractivity contribution in [3.05, 3.63) is 77.4 Å².